The summed E-state index contributed by atoms with van der Waals surface area (Å²) >= 11 is 0. The second-order valence-electron chi connectivity index (χ2n) is 8.04. The topological polar surface area (TPSA) is 113 Å². The van der Waals surface area contributed by atoms with Crippen LogP contribution in [0.5, 0.6) is 5.75 Å². The third kappa shape index (κ3) is 6.32. The van der Waals surface area contributed by atoms with Gasteiger partial charge in [0, 0.05) is 19.6 Å². The molecule has 0 saturated carbocycles. The Bertz CT molecular complexity index is 1210. The van der Waals surface area contributed by atoms with Gasteiger partial charge >= 0.3 is 0 Å². The highest BCUT2D eigenvalue weighted by Gasteiger charge is 2.28. The van der Waals surface area contributed by atoms with Crippen LogP contribution in [0.25, 0.3) is 0 Å². The quantitative estimate of drug-likeness (QED) is 0.571. The molecule has 1 amide bonds. The van der Waals surface area contributed by atoms with Crippen molar-refractivity contribution in [2.45, 2.75) is 31.2 Å². The number of anilines is 1. The maximum Gasteiger partial charge on any atom is 0.243 e. The van der Waals surface area contributed by atoms with Crippen LogP contribution >= 0.6 is 0 Å². The van der Waals surface area contributed by atoms with Crippen molar-refractivity contribution in [3.63, 3.8) is 0 Å². The smallest absolute Gasteiger partial charge is 0.243 e. The molecule has 0 aliphatic carbocycles. The fourth-order valence-corrected chi connectivity index (χ4v) is 5.84. The SMILES string of the molecule is COc1ccc(S(=O)(=O)N2CCCC2)cc1NC(=O)CN(Cc1ccc(C)cc1)S(C)(=O)=O. The molecule has 0 unspecified atom stereocenters. The molecule has 0 bridgehead atoms. The number of aryl methyl sites for hydroxylation is 1. The zero-order valence-corrected chi connectivity index (χ0v) is 20.6. The summed E-state index contributed by atoms with van der Waals surface area (Å²) in [7, 11) is -5.97. The number of benzene rings is 2. The number of nitrogens with zero attached hydrogens (tertiary/aromatic N) is 2. The van der Waals surface area contributed by atoms with Crippen LogP contribution < -0.4 is 10.1 Å². The van der Waals surface area contributed by atoms with Gasteiger partial charge in [0.15, 0.2) is 0 Å². The Balaban J connectivity index is 1.80. The first-order chi connectivity index (χ1) is 15.5. The first-order valence-corrected chi connectivity index (χ1v) is 13.8. The zero-order chi connectivity index (χ0) is 24.2. The minimum Gasteiger partial charge on any atom is -0.495 e. The molecule has 33 heavy (non-hydrogen) atoms. The molecule has 0 radical (unpaired) electrons. The Morgan fingerprint density at radius 1 is 1.06 bits per heavy atom. The van der Waals surface area contributed by atoms with E-state index in [2.05, 4.69) is 5.32 Å². The number of carbonyl (C=O) groups excluding carboxylic acids is 1. The van der Waals surface area contributed by atoms with Crippen molar-refractivity contribution in [2.24, 2.45) is 0 Å². The summed E-state index contributed by atoms with van der Waals surface area (Å²) in [5, 5.41) is 2.61. The fourth-order valence-electron chi connectivity index (χ4n) is 3.56. The van der Waals surface area contributed by atoms with Gasteiger partial charge in [-0.2, -0.15) is 8.61 Å². The van der Waals surface area contributed by atoms with Gasteiger partial charge in [-0.05, 0) is 43.5 Å². The second kappa shape index (κ2) is 10.2. The summed E-state index contributed by atoms with van der Waals surface area (Å²) in [5.41, 5.74) is 1.94. The maximum atomic E-state index is 12.9. The molecule has 180 valence electrons. The number of sulfonamides is 2. The minimum absolute atomic E-state index is 0.0348. The van der Waals surface area contributed by atoms with E-state index in [0.29, 0.717) is 13.1 Å². The van der Waals surface area contributed by atoms with Gasteiger partial charge in [0.2, 0.25) is 26.0 Å². The van der Waals surface area contributed by atoms with E-state index in [1.54, 1.807) is 12.1 Å². The Morgan fingerprint density at radius 3 is 2.27 bits per heavy atom. The van der Waals surface area contributed by atoms with Crippen molar-refractivity contribution in [1.82, 2.24) is 8.61 Å². The van der Waals surface area contributed by atoms with E-state index >= 15 is 0 Å². The minimum atomic E-state index is -3.69. The van der Waals surface area contributed by atoms with Gasteiger partial charge < -0.3 is 10.1 Å². The molecule has 2 aromatic rings. The lowest BCUT2D eigenvalue weighted by Gasteiger charge is -2.21. The molecule has 1 heterocycles. The number of ether oxygens (including phenoxy) is 1. The predicted molar refractivity (Wildman–Crippen MR) is 126 cm³/mol. The van der Waals surface area contributed by atoms with Crippen LogP contribution in [-0.4, -0.2) is 64.4 Å². The van der Waals surface area contributed by atoms with Crippen LogP contribution in [0.2, 0.25) is 0 Å². The number of hydrogen-bond donors (Lipinski definition) is 1. The van der Waals surface area contributed by atoms with Gasteiger partial charge in [-0.15, -0.1) is 0 Å². The highest BCUT2D eigenvalue weighted by molar-refractivity contribution is 7.89. The summed E-state index contributed by atoms with van der Waals surface area (Å²) in [6.45, 7) is 2.44. The summed E-state index contributed by atoms with van der Waals surface area (Å²) < 4.78 is 58.1. The maximum absolute atomic E-state index is 12.9. The van der Waals surface area contributed by atoms with E-state index in [4.69, 9.17) is 4.74 Å². The molecular formula is C22H29N3O6S2. The highest BCUT2D eigenvalue weighted by Crippen LogP contribution is 2.30. The molecule has 1 aliphatic heterocycles. The van der Waals surface area contributed by atoms with Crippen molar-refractivity contribution in [1.29, 1.82) is 0 Å². The summed E-state index contributed by atoms with van der Waals surface area (Å²) in [5.74, 6) is -0.338. The molecule has 0 aromatic heterocycles. The summed E-state index contributed by atoms with van der Waals surface area (Å²) in [4.78, 5) is 12.8. The molecule has 3 rings (SSSR count). The third-order valence-corrected chi connectivity index (χ3v) is 8.51. The average Bonchev–Trinajstić information content (AvgIpc) is 3.30. The zero-order valence-electron chi connectivity index (χ0n) is 18.9. The molecule has 1 N–H and O–H groups in total. The van der Waals surface area contributed by atoms with E-state index in [9.17, 15) is 21.6 Å². The second-order valence-corrected chi connectivity index (χ2v) is 12.0. The molecule has 1 aliphatic rings. The molecule has 2 aromatic carbocycles. The van der Waals surface area contributed by atoms with Crippen molar-refractivity contribution in [3.05, 3.63) is 53.6 Å². The number of rotatable bonds is 9. The van der Waals surface area contributed by atoms with E-state index in [1.807, 2.05) is 19.1 Å². The fraction of sp³-hybridized carbons (Fsp3) is 0.409. The van der Waals surface area contributed by atoms with Crippen LogP contribution in [0.4, 0.5) is 5.69 Å². The molecule has 11 heteroatoms. The third-order valence-electron chi connectivity index (χ3n) is 5.42. The monoisotopic (exact) mass is 495 g/mol. The summed E-state index contributed by atoms with van der Waals surface area (Å²) in [6, 6.07) is 11.6. The van der Waals surface area contributed by atoms with Gasteiger partial charge in [-0.25, -0.2) is 16.8 Å². The van der Waals surface area contributed by atoms with Crippen LogP contribution in [-0.2, 0) is 31.4 Å². The van der Waals surface area contributed by atoms with E-state index in [1.165, 1.54) is 29.6 Å². The van der Waals surface area contributed by atoms with Crippen molar-refractivity contribution < 1.29 is 26.4 Å². The molecule has 1 saturated heterocycles. The molecule has 1 fully saturated rings. The molecule has 9 nitrogen and oxygen atoms in total. The Labute approximate surface area is 195 Å². The van der Waals surface area contributed by atoms with Crippen molar-refractivity contribution in [2.75, 3.05) is 38.3 Å². The van der Waals surface area contributed by atoms with Gasteiger partial charge in [0.1, 0.15) is 5.75 Å². The highest BCUT2D eigenvalue weighted by atomic mass is 32.2. The Morgan fingerprint density at radius 2 is 1.70 bits per heavy atom. The van der Waals surface area contributed by atoms with Gasteiger partial charge in [-0.1, -0.05) is 29.8 Å². The van der Waals surface area contributed by atoms with Crippen molar-refractivity contribution >= 4 is 31.6 Å². The van der Waals surface area contributed by atoms with Crippen LogP contribution in [0.3, 0.4) is 0 Å². The Hall–Kier alpha value is -2.47. The standard InChI is InChI=1S/C22H29N3O6S2/c1-17-6-8-18(9-7-17)15-25(32(3,27)28)16-22(26)23-20-14-19(10-11-21(20)31-2)33(29,30)24-12-4-5-13-24/h6-11,14H,4-5,12-13,15-16H2,1-3H3,(H,23,26). The number of amides is 1. The lowest BCUT2D eigenvalue weighted by Crippen LogP contribution is -2.37. The van der Waals surface area contributed by atoms with Gasteiger partial charge in [-0.3, -0.25) is 4.79 Å². The number of nitrogens with one attached hydrogen (secondary N) is 1. The number of hydrogen-bond acceptors (Lipinski definition) is 6. The van der Waals surface area contributed by atoms with Gasteiger partial charge in [0.25, 0.3) is 0 Å². The first-order valence-electron chi connectivity index (χ1n) is 10.5. The molecular weight excluding hydrogens is 466 g/mol. The molecule has 0 atom stereocenters. The molecule has 0 spiro atoms. The first kappa shape index (κ1) is 25.2. The predicted octanol–water partition coefficient (Wildman–Crippen LogP) is 2.19. The lowest BCUT2D eigenvalue weighted by molar-refractivity contribution is -0.116. The van der Waals surface area contributed by atoms with E-state index in [-0.39, 0.29) is 22.9 Å². The Kier molecular flexibility index (Phi) is 7.78. The van der Waals surface area contributed by atoms with E-state index in [0.717, 1.165) is 34.5 Å². The lowest BCUT2D eigenvalue weighted by atomic mass is 10.1. The summed E-state index contributed by atoms with van der Waals surface area (Å²) in [6.07, 6.45) is 2.65. The van der Waals surface area contributed by atoms with E-state index < -0.39 is 32.5 Å². The van der Waals surface area contributed by atoms with Crippen molar-refractivity contribution in [3.8, 4) is 5.75 Å². The number of methoxy groups -OCH3 is 1. The average molecular weight is 496 g/mol. The van der Waals surface area contributed by atoms with Crippen LogP contribution in [0, 0.1) is 6.92 Å². The van der Waals surface area contributed by atoms with Crippen LogP contribution in [0.1, 0.15) is 24.0 Å². The van der Waals surface area contributed by atoms with Crippen LogP contribution in [0.15, 0.2) is 47.4 Å². The normalized spacial score (nSPS) is 15.0. The largest absolute Gasteiger partial charge is 0.495 e. The van der Waals surface area contributed by atoms with Gasteiger partial charge in [0.05, 0.1) is 30.5 Å². The number of carbonyl (C=O) groups is 1.